The number of carbonyl (C=O) groups is 1. The standard InChI is InChI=1S/C6H13N3O2/c1-9-2-4(7)5(3-9)11-6(8)10/h4-5H,2-3,7H2,1H3,(H2,8,10)/t4-,5+/m1/s1. The number of rotatable bonds is 1. The van der Waals surface area contributed by atoms with Crippen molar-refractivity contribution in [3.63, 3.8) is 0 Å². The molecule has 0 aromatic carbocycles. The highest BCUT2D eigenvalue weighted by Crippen LogP contribution is 2.08. The van der Waals surface area contributed by atoms with Crippen molar-refractivity contribution in [2.24, 2.45) is 11.5 Å². The molecule has 0 spiro atoms. The number of likely N-dealkylation sites (tertiary alicyclic amines) is 1. The average molecular weight is 159 g/mol. The van der Waals surface area contributed by atoms with Crippen molar-refractivity contribution >= 4 is 6.09 Å². The largest absolute Gasteiger partial charge is 0.443 e. The van der Waals surface area contributed by atoms with Gasteiger partial charge >= 0.3 is 6.09 Å². The Morgan fingerprint density at radius 2 is 2.27 bits per heavy atom. The lowest BCUT2D eigenvalue weighted by molar-refractivity contribution is 0.104. The van der Waals surface area contributed by atoms with Crippen molar-refractivity contribution < 1.29 is 9.53 Å². The number of likely N-dealkylation sites (N-methyl/N-ethyl adjacent to an activating group) is 1. The van der Waals surface area contributed by atoms with Crippen LogP contribution in [0.15, 0.2) is 0 Å². The molecule has 0 aromatic rings. The second kappa shape index (κ2) is 3.06. The fraction of sp³-hybridized carbons (Fsp3) is 0.833. The zero-order valence-corrected chi connectivity index (χ0v) is 6.49. The average Bonchev–Trinajstić information content (AvgIpc) is 2.09. The van der Waals surface area contributed by atoms with Gasteiger partial charge in [-0.3, -0.25) is 0 Å². The van der Waals surface area contributed by atoms with Crippen LogP contribution in [0.2, 0.25) is 0 Å². The summed E-state index contributed by atoms with van der Waals surface area (Å²) in [5.41, 5.74) is 10.5. The third kappa shape index (κ3) is 2.06. The van der Waals surface area contributed by atoms with Crippen LogP contribution in [0.4, 0.5) is 4.79 Å². The molecule has 5 heteroatoms. The predicted molar refractivity (Wildman–Crippen MR) is 39.9 cm³/mol. The SMILES string of the molecule is CN1C[C@@H](N)[C@@H](OC(N)=O)C1. The maximum atomic E-state index is 10.3. The monoisotopic (exact) mass is 159 g/mol. The molecule has 1 saturated heterocycles. The lowest BCUT2D eigenvalue weighted by Gasteiger charge is -2.12. The fourth-order valence-corrected chi connectivity index (χ4v) is 1.27. The Morgan fingerprint density at radius 3 is 2.64 bits per heavy atom. The number of carbonyl (C=O) groups excluding carboxylic acids is 1. The molecule has 1 fully saturated rings. The summed E-state index contributed by atoms with van der Waals surface area (Å²) in [5, 5.41) is 0. The van der Waals surface area contributed by atoms with E-state index in [4.69, 9.17) is 16.2 Å². The third-order valence-electron chi connectivity index (χ3n) is 1.76. The number of nitrogens with zero attached hydrogens (tertiary/aromatic N) is 1. The van der Waals surface area contributed by atoms with Gasteiger partial charge in [-0.05, 0) is 7.05 Å². The van der Waals surface area contributed by atoms with Crippen LogP contribution in [0.1, 0.15) is 0 Å². The van der Waals surface area contributed by atoms with Gasteiger partial charge in [0.2, 0.25) is 0 Å². The summed E-state index contributed by atoms with van der Waals surface area (Å²) in [5.74, 6) is 0. The summed E-state index contributed by atoms with van der Waals surface area (Å²) in [6, 6.07) is -0.104. The highest BCUT2D eigenvalue weighted by Gasteiger charge is 2.30. The summed E-state index contributed by atoms with van der Waals surface area (Å²) in [6.45, 7) is 1.42. The van der Waals surface area contributed by atoms with Gasteiger partial charge in [0, 0.05) is 13.1 Å². The molecule has 64 valence electrons. The van der Waals surface area contributed by atoms with E-state index in [1.165, 1.54) is 0 Å². The molecule has 1 aliphatic rings. The molecule has 0 radical (unpaired) electrons. The van der Waals surface area contributed by atoms with E-state index in [1.54, 1.807) is 0 Å². The summed E-state index contributed by atoms with van der Waals surface area (Å²) >= 11 is 0. The lowest BCUT2D eigenvalue weighted by atomic mass is 10.2. The van der Waals surface area contributed by atoms with Crippen LogP contribution in [0.25, 0.3) is 0 Å². The highest BCUT2D eigenvalue weighted by molar-refractivity contribution is 5.64. The maximum Gasteiger partial charge on any atom is 0.404 e. The number of primary amides is 1. The minimum atomic E-state index is -0.749. The minimum absolute atomic E-state index is 0.104. The molecule has 2 atom stereocenters. The van der Waals surface area contributed by atoms with Crippen LogP contribution < -0.4 is 11.5 Å². The normalized spacial score (nSPS) is 32.2. The molecule has 0 saturated carbocycles. The first kappa shape index (κ1) is 8.29. The van der Waals surface area contributed by atoms with Crippen LogP contribution in [0, 0.1) is 0 Å². The zero-order chi connectivity index (χ0) is 8.43. The van der Waals surface area contributed by atoms with Gasteiger partial charge in [0.1, 0.15) is 6.10 Å². The molecule has 0 aromatic heterocycles. The molecule has 1 amide bonds. The van der Waals surface area contributed by atoms with Crippen LogP contribution in [0.3, 0.4) is 0 Å². The molecule has 1 heterocycles. The van der Waals surface area contributed by atoms with Gasteiger partial charge in [-0.2, -0.15) is 0 Å². The van der Waals surface area contributed by atoms with E-state index in [-0.39, 0.29) is 12.1 Å². The number of ether oxygens (including phenoxy) is 1. The molecule has 11 heavy (non-hydrogen) atoms. The van der Waals surface area contributed by atoms with Crippen molar-refractivity contribution in [1.29, 1.82) is 0 Å². The predicted octanol–water partition coefficient (Wildman–Crippen LogP) is -1.28. The Balaban J connectivity index is 2.40. The van der Waals surface area contributed by atoms with E-state index in [9.17, 15) is 4.79 Å². The van der Waals surface area contributed by atoms with Crippen molar-refractivity contribution in [2.75, 3.05) is 20.1 Å². The molecule has 0 bridgehead atoms. The van der Waals surface area contributed by atoms with Gasteiger partial charge in [-0.15, -0.1) is 0 Å². The topological polar surface area (TPSA) is 81.6 Å². The fourth-order valence-electron chi connectivity index (χ4n) is 1.27. The van der Waals surface area contributed by atoms with E-state index in [0.717, 1.165) is 6.54 Å². The van der Waals surface area contributed by atoms with Crippen molar-refractivity contribution in [1.82, 2.24) is 4.90 Å². The number of hydrogen-bond acceptors (Lipinski definition) is 4. The first-order chi connectivity index (χ1) is 5.09. The van der Waals surface area contributed by atoms with Gasteiger partial charge in [0.25, 0.3) is 0 Å². The molecule has 0 unspecified atom stereocenters. The van der Waals surface area contributed by atoms with Crippen LogP contribution >= 0.6 is 0 Å². The Bertz CT molecular complexity index is 162. The first-order valence-electron chi connectivity index (χ1n) is 3.50. The van der Waals surface area contributed by atoms with Gasteiger partial charge < -0.3 is 21.1 Å². The quantitative estimate of drug-likeness (QED) is 0.499. The van der Waals surface area contributed by atoms with Crippen molar-refractivity contribution in [3.05, 3.63) is 0 Å². The summed E-state index contributed by atoms with van der Waals surface area (Å²) in [6.07, 6.45) is -0.988. The van der Waals surface area contributed by atoms with Gasteiger partial charge in [0.15, 0.2) is 0 Å². The van der Waals surface area contributed by atoms with E-state index in [2.05, 4.69) is 0 Å². The van der Waals surface area contributed by atoms with E-state index >= 15 is 0 Å². The third-order valence-corrected chi connectivity index (χ3v) is 1.76. The summed E-state index contributed by atoms with van der Waals surface area (Å²) < 4.78 is 4.77. The van der Waals surface area contributed by atoms with Gasteiger partial charge in [0.05, 0.1) is 6.04 Å². The molecule has 5 nitrogen and oxygen atoms in total. The maximum absolute atomic E-state index is 10.3. The Kier molecular flexibility index (Phi) is 2.31. The van der Waals surface area contributed by atoms with E-state index < -0.39 is 6.09 Å². The number of hydrogen-bond donors (Lipinski definition) is 2. The molecular formula is C6H13N3O2. The van der Waals surface area contributed by atoms with Crippen LogP contribution in [-0.4, -0.2) is 43.3 Å². The molecular weight excluding hydrogens is 146 g/mol. The Morgan fingerprint density at radius 1 is 1.64 bits per heavy atom. The highest BCUT2D eigenvalue weighted by atomic mass is 16.6. The van der Waals surface area contributed by atoms with Gasteiger partial charge in [-0.1, -0.05) is 0 Å². The number of nitrogens with two attached hydrogens (primary N) is 2. The summed E-state index contributed by atoms with van der Waals surface area (Å²) in [4.78, 5) is 12.3. The van der Waals surface area contributed by atoms with Crippen molar-refractivity contribution in [3.8, 4) is 0 Å². The Hall–Kier alpha value is -0.810. The molecule has 1 rings (SSSR count). The number of amides is 1. The lowest BCUT2D eigenvalue weighted by Crippen LogP contribution is -2.37. The van der Waals surface area contributed by atoms with Crippen LogP contribution in [0.5, 0.6) is 0 Å². The second-order valence-corrected chi connectivity index (χ2v) is 2.86. The Labute approximate surface area is 65.3 Å². The molecule has 0 aliphatic carbocycles. The van der Waals surface area contributed by atoms with E-state index in [0.29, 0.717) is 6.54 Å². The second-order valence-electron chi connectivity index (χ2n) is 2.86. The molecule has 4 N–H and O–H groups in total. The zero-order valence-electron chi connectivity index (χ0n) is 6.49. The minimum Gasteiger partial charge on any atom is -0.443 e. The molecule has 1 aliphatic heterocycles. The van der Waals surface area contributed by atoms with Gasteiger partial charge in [-0.25, -0.2) is 4.79 Å². The van der Waals surface area contributed by atoms with Crippen molar-refractivity contribution in [2.45, 2.75) is 12.1 Å². The van der Waals surface area contributed by atoms with E-state index in [1.807, 2.05) is 11.9 Å². The summed E-state index contributed by atoms with van der Waals surface area (Å²) in [7, 11) is 1.92. The van der Waals surface area contributed by atoms with Crippen LogP contribution in [-0.2, 0) is 4.74 Å². The smallest absolute Gasteiger partial charge is 0.404 e. The first-order valence-corrected chi connectivity index (χ1v) is 3.50.